The quantitative estimate of drug-likeness (QED) is 0.856. The van der Waals surface area contributed by atoms with Crippen LogP contribution in [0.1, 0.15) is 30.5 Å². The van der Waals surface area contributed by atoms with Crippen molar-refractivity contribution in [1.82, 2.24) is 5.32 Å². The number of para-hydroxylation sites is 1. The molecule has 0 aliphatic rings. The molecule has 0 radical (unpaired) electrons. The maximum atomic E-state index is 13.7. The summed E-state index contributed by atoms with van der Waals surface area (Å²) >= 11 is 0. The predicted molar refractivity (Wildman–Crippen MR) is 74.4 cm³/mol. The highest BCUT2D eigenvalue weighted by molar-refractivity contribution is 5.32. The third kappa shape index (κ3) is 3.32. The average molecular weight is 259 g/mol. The number of hydrogen-bond acceptors (Lipinski definition) is 2. The van der Waals surface area contributed by atoms with Crippen LogP contribution < -0.4 is 5.32 Å². The van der Waals surface area contributed by atoms with Gasteiger partial charge in [-0.3, -0.25) is 0 Å². The first-order valence-electron chi connectivity index (χ1n) is 6.47. The van der Waals surface area contributed by atoms with Crippen molar-refractivity contribution in [2.24, 2.45) is 0 Å². The fraction of sp³-hybridized carbons (Fsp3) is 0.250. The van der Waals surface area contributed by atoms with Gasteiger partial charge in [-0.2, -0.15) is 0 Å². The van der Waals surface area contributed by atoms with E-state index in [4.69, 9.17) is 0 Å². The van der Waals surface area contributed by atoms with Crippen molar-refractivity contribution in [3.8, 4) is 5.75 Å². The summed E-state index contributed by atoms with van der Waals surface area (Å²) in [5, 5.41) is 13.0. The van der Waals surface area contributed by atoms with Gasteiger partial charge in [0.05, 0.1) is 0 Å². The number of phenols is 1. The summed E-state index contributed by atoms with van der Waals surface area (Å²) in [6.45, 7) is 2.52. The standard InChI is InChI=1S/C16H18FNO/c1-2-15(13-8-4-5-9-14(13)17)18-11-12-7-3-6-10-16(12)19/h3-10,15,18-19H,2,11H2,1H3. The molecule has 0 amide bonds. The molecule has 2 aromatic rings. The molecule has 0 aromatic heterocycles. The molecule has 0 saturated heterocycles. The molecule has 100 valence electrons. The highest BCUT2D eigenvalue weighted by Gasteiger charge is 2.13. The van der Waals surface area contributed by atoms with Crippen molar-refractivity contribution in [3.63, 3.8) is 0 Å². The van der Waals surface area contributed by atoms with E-state index in [1.165, 1.54) is 6.07 Å². The molecule has 0 fully saturated rings. The Labute approximate surface area is 112 Å². The molecule has 0 aliphatic carbocycles. The van der Waals surface area contributed by atoms with E-state index in [1.807, 2.05) is 25.1 Å². The molecular formula is C16H18FNO. The van der Waals surface area contributed by atoms with Crippen LogP contribution in [0.2, 0.25) is 0 Å². The molecule has 0 saturated carbocycles. The minimum atomic E-state index is -0.195. The summed E-state index contributed by atoms with van der Waals surface area (Å²) in [6.07, 6.45) is 0.786. The van der Waals surface area contributed by atoms with Crippen LogP contribution in [0.3, 0.4) is 0 Å². The molecule has 1 unspecified atom stereocenters. The van der Waals surface area contributed by atoms with Crippen LogP contribution in [0.5, 0.6) is 5.75 Å². The van der Waals surface area contributed by atoms with E-state index in [1.54, 1.807) is 24.3 Å². The fourth-order valence-electron chi connectivity index (χ4n) is 2.13. The number of rotatable bonds is 5. The highest BCUT2D eigenvalue weighted by atomic mass is 19.1. The lowest BCUT2D eigenvalue weighted by molar-refractivity contribution is 0.450. The normalized spacial score (nSPS) is 12.3. The third-order valence-corrected chi connectivity index (χ3v) is 3.22. The summed E-state index contributed by atoms with van der Waals surface area (Å²) < 4.78 is 13.7. The van der Waals surface area contributed by atoms with E-state index in [9.17, 15) is 9.50 Å². The van der Waals surface area contributed by atoms with E-state index in [-0.39, 0.29) is 17.6 Å². The lowest BCUT2D eigenvalue weighted by Gasteiger charge is -2.18. The van der Waals surface area contributed by atoms with Crippen molar-refractivity contribution in [2.75, 3.05) is 0 Å². The van der Waals surface area contributed by atoms with Gasteiger partial charge in [0.25, 0.3) is 0 Å². The van der Waals surface area contributed by atoms with Crippen LogP contribution >= 0.6 is 0 Å². The van der Waals surface area contributed by atoms with Gasteiger partial charge in [0, 0.05) is 23.7 Å². The summed E-state index contributed by atoms with van der Waals surface area (Å²) in [5.41, 5.74) is 1.48. The molecule has 0 aliphatic heterocycles. The second kappa shape index (κ2) is 6.34. The monoisotopic (exact) mass is 259 g/mol. The Morgan fingerprint density at radius 2 is 1.79 bits per heavy atom. The van der Waals surface area contributed by atoms with Crippen molar-refractivity contribution >= 4 is 0 Å². The predicted octanol–water partition coefficient (Wildman–Crippen LogP) is 3.77. The third-order valence-electron chi connectivity index (χ3n) is 3.22. The van der Waals surface area contributed by atoms with Gasteiger partial charge in [0.15, 0.2) is 0 Å². The Hall–Kier alpha value is -1.87. The van der Waals surface area contributed by atoms with Crippen molar-refractivity contribution in [3.05, 3.63) is 65.5 Å². The first kappa shape index (κ1) is 13.6. The van der Waals surface area contributed by atoms with E-state index < -0.39 is 0 Å². The van der Waals surface area contributed by atoms with Gasteiger partial charge in [0.1, 0.15) is 11.6 Å². The Morgan fingerprint density at radius 3 is 2.47 bits per heavy atom. The van der Waals surface area contributed by atoms with Gasteiger partial charge in [-0.1, -0.05) is 43.3 Å². The Kier molecular flexibility index (Phi) is 4.53. The first-order valence-corrected chi connectivity index (χ1v) is 6.47. The summed E-state index contributed by atoms with van der Waals surface area (Å²) in [7, 11) is 0. The molecule has 0 bridgehead atoms. The zero-order valence-corrected chi connectivity index (χ0v) is 10.9. The van der Waals surface area contributed by atoms with Crippen LogP contribution in [0.25, 0.3) is 0 Å². The molecule has 3 heteroatoms. The largest absolute Gasteiger partial charge is 0.508 e. The SMILES string of the molecule is CCC(NCc1ccccc1O)c1ccccc1F. The number of phenolic OH excluding ortho intramolecular Hbond substituents is 1. The number of hydrogen-bond donors (Lipinski definition) is 2. The topological polar surface area (TPSA) is 32.3 Å². The number of halogens is 1. The molecule has 2 rings (SSSR count). The van der Waals surface area contributed by atoms with Crippen molar-refractivity contribution in [2.45, 2.75) is 25.9 Å². The second-order valence-electron chi connectivity index (χ2n) is 4.49. The smallest absolute Gasteiger partial charge is 0.127 e. The summed E-state index contributed by atoms with van der Waals surface area (Å²) in [5.74, 6) is 0.0671. The average Bonchev–Trinajstić information content (AvgIpc) is 2.43. The van der Waals surface area contributed by atoms with Gasteiger partial charge in [-0.25, -0.2) is 4.39 Å². The van der Waals surface area contributed by atoms with Crippen LogP contribution in [-0.2, 0) is 6.54 Å². The van der Waals surface area contributed by atoms with Crippen LogP contribution in [-0.4, -0.2) is 5.11 Å². The molecule has 2 aromatic carbocycles. The number of benzene rings is 2. The maximum absolute atomic E-state index is 13.7. The summed E-state index contributed by atoms with van der Waals surface area (Å²) in [4.78, 5) is 0. The Balaban J connectivity index is 2.09. The molecule has 2 nitrogen and oxygen atoms in total. The van der Waals surface area contributed by atoms with E-state index in [0.29, 0.717) is 12.1 Å². The Bertz CT molecular complexity index is 542. The first-order chi connectivity index (χ1) is 9.22. The van der Waals surface area contributed by atoms with E-state index in [0.717, 1.165) is 12.0 Å². The van der Waals surface area contributed by atoms with Gasteiger partial charge < -0.3 is 10.4 Å². The molecule has 1 atom stereocenters. The zero-order valence-electron chi connectivity index (χ0n) is 10.9. The number of aromatic hydroxyl groups is 1. The Morgan fingerprint density at radius 1 is 1.11 bits per heavy atom. The van der Waals surface area contributed by atoms with Crippen molar-refractivity contribution in [1.29, 1.82) is 0 Å². The maximum Gasteiger partial charge on any atom is 0.127 e. The van der Waals surface area contributed by atoms with Gasteiger partial charge >= 0.3 is 0 Å². The molecule has 0 heterocycles. The highest BCUT2D eigenvalue weighted by Crippen LogP contribution is 2.22. The van der Waals surface area contributed by atoms with Crippen LogP contribution in [0.15, 0.2) is 48.5 Å². The van der Waals surface area contributed by atoms with Gasteiger partial charge in [-0.05, 0) is 18.6 Å². The van der Waals surface area contributed by atoms with Gasteiger partial charge in [0.2, 0.25) is 0 Å². The minimum absolute atomic E-state index is 0.0548. The second-order valence-corrected chi connectivity index (χ2v) is 4.49. The fourth-order valence-corrected chi connectivity index (χ4v) is 2.13. The lowest BCUT2D eigenvalue weighted by atomic mass is 10.0. The summed E-state index contributed by atoms with van der Waals surface area (Å²) in [6, 6.07) is 13.9. The zero-order chi connectivity index (χ0) is 13.7. The number of nitrogens with one attached hydrogen (secondary N) is 1. The minimum Gasteiger partial charge on any atom is -0.508 e. The van der Waals surface area contributed by atoms with E-state index in [2.05, 4.69) is 5.32 Å². The van der Waals surface area contributed by atoms with Gasteiger partial charge in [-0.15, -0.1) is 0 Å². The molecule has 2 N–H and O–H groups in total. The van der Waals surface area contributed by atoms with Crippen molar-refractivity contribution < 1.29 is 9.50 Å². The molecular weight excluding hydrogens is 241 g/mol. The molecule has 0 spiro atoms. The molecule has 19 heavy (non-hydrogen) atoms. The van der Waals surface area contributed by atoms with Crippen LogP contribution in [0.4, 0.5) is 4.39 Å². The lowest BCUT2D eigenvalue weighted by Crippen LogP contribution is -2.21. The van der Waals surface area contributed by atoms with Crippen LogP contribution in [0, 0.1) is 5.82 Å². The van der Waals surface area contributed by atoms with E-state index >= 15 is 0 Å².